The number of aryl methyl sites for hydroxylation is 1. The lowest BCUT2D eigenvalue weighted by Gasteiger charge is -2.20. The average Bonchev–Trinajstić information content (AvgIpc) is 3.35. The van der Waals surface area contributed by atoms with Crippen molar-refractivity contribution >= 4 is 32.7 Å². The fraction of sp³-hybridized carbons (Fsp3) is 0.278. The highest BCUT2D eigenvalue weighted by Crippen LogP contribution is 2.30. The van der Waals surface area contributed by atoms with E-state index >= 15 is 0 Å². The molecule has 228 valence electrons. The minimum absolute atomic E-state index is 0.244. The molecule has 44 heavy (non-hydrogen) atoms. The highest BCUT2D eigenvalue weighted by atomic mass is 32.2. The summed E-state index contributed by atoms with van der Waals surface area (Å²) >= 11 is 0. The number of carbonyl (C=O) groups is 1. The fourth-order valence-electron chi connectivity index (χ4n) is 5.17. The zero-order chi connectivity index (χ0) is 31.5. The van der Waals surface area contributed by atoms with Gasteiger partial charge < -0.3 is 9.30 Å². The number of fused-ring (bicyclic) bond motifs is 1. The summed E-state index contributed by atoms with van der Waals surface area (Å²) in [4.78, 5) is 18.1. The van der Waals surface area contributed by atoms with E-state index in [2.05, 4.69) is 23.6 Å². The minimum atomic E-state index is -3.72. The molecule has 0 atom stereocenters. The van der Waals surface area contributed by atoms with Crippen LogP contribution in [0.1, 0.15) is 62.3 Å². The summed E-state index contributed by atoms with van der Waals surface area (Å²) in [5.74, 6) is 0.615. The number of sulfonamides is 1. The van der Waals surface area contributed by atoms with Gasteiger partial charge in [-0.1, -0.05) is 74.0 Å². The summed E-state index contributed by atoms with van der Waals surface area (Å²) < 4.78 is 35.8. The monoisotopic (exact) mass is 609 g/mol. The molecule has 8 heteroatoms. The standard InChI is InChI=1S/C36H39N3O4S/c1-6-7-17-34-37-32-23-22-28(38(5)44(41,42)29-13-9-8-10-14-29)24-33(32)39(34)25-26-18-20-27(21-19-26)30-15-11-12-16-31(30)35(40)43-36(2,3)4/h8-16,18-24H,6-7,17,25H2,1-5H3. The molecular weight excluding hydrogens is 570 g/mol. The molecule has 0 aliphatic rings. The van der Waals surface area contributed by atoms with Crippen molar-refractivity contribution in [3.63, 3.8) is 0 Å². The molecule has 0 unspecified atom stereocenters. The van der Waals surface area contributed by atoms with E-state index < -0.39 is 15.6 Å². The van der Waals surface area contributed by atoms with E-state index in [0.29, 0.717) is 17.8 Å². The van der Waals surface area contributed by atoms with Gasteiger partial charge in [0, 0.05) is 20.0 Å². The summed E-state index contributed by atoms with van der Waals surface area (Å²) in [6.45, 7) is 8.31. The second-order valence-electron chi connectivity index (χ2n) is 11.9. The van der Waals surface area contributed by atoms with Gasteiger partial charge in [0.05, 0.1) is 27.2 Å². The number of esters is 1. The van der Waals surface area contributed by atoms with Crippen LogP contribution in [-0.2, 0) is 27.7 Å². The number of unbranched alkanes of at least 4 members (excludes halogenated alkanes) is 1. The van der Waals surface area contributed by atoms with Crippen molar-refractivity contribution in [1.29, 1.82) is 0 Å². The third-order valence-electron chi connectivity index (χ3n) is 7.48. The SMILES string of the molecule is CCCCc1nc2ccc(N(C)S(=O)(=O)c3ccccc3)cc2n1Cc1ccc(-c2ccccc2C(=O)OC(C)(C)C)cc1. The number of anilines is 1. The number of carbonyl (C=O) groups excluding carboxylic acids is 1. The van der Waals surface area contributed by atoms with E-state index in [4.69, 9.17) is 9.72 Å². The molecule has 7 nitrogen and oxygen atoms in total. The van der Waals surface area contributed by atoms with Crippen molar-refractivity contribution in [3.05, 3.63) is 114 Å². The first-order chi connectivity index (χ1) is 21.0. The van der Waals surface area contributed by atoms with Crippen LogP contribution in [0, 0.1) is 0 Å². The van der Waals surface area contributed by atoms with E-state index in [1.807, 2.05) is 63.2 Å². The van der Waals surface area contributed by atoms with Crippen LogP contribution in [0.25, 0.3) is 22.2 Å². The lowest BCUT2D eigenvalue weighted by atomic mass is 9.98. The number of nitrogens with zero attached hydrogens (tertiary/aromatic N) is 3. The molecule has 0 aliphatic carbocycles. The van der Waals surface area contributed by atoms with Gasteiger partial charge in [-0.25, -0.2) is 18.2 Å². The number of benzene rings is 4. The second-order valence-corrected chi connectivity index (χ2v) is 13.9. The normalized spacial score (nSPS) is 11.9. The molecule has 0 saturated carbocycles. The molecule has 5 rings (SSSR count). The number of imidazole rings is 1. The van der Waals surface area contributed by atoms with Crippen molar-refractivity contribution in [3.8, 4) is 11.1 Å². The van der Waals surface area contributed by atoms with Gasteiger partial charge in [-0.15, -0.1) is 0 Å². The Morgan fingerprint density at radius 2 is 1.59 bits per heavy atom. The number of hydrogen-bond donors (Lipinski definition) is 0. The van der Waals surface area contributed by atoms with E-state index in [0.717, 1.165) is 52.8 Å². The molecule has 0 radical (unpaired) electrons. The molecule has 0 saturated heterocycles. The first-order valence-corrected chi connectivity index (χ1v) is 16.4. The first-order valence-electron chi connectivity index (χ1n) is 14.9. The van der Waals surface area contributed by atoms with Crippen LogP contribution in [0.2, 0.25) is 0 Å². The third kappa shape index (κ3) is 6.70. The summed E-state index contributed by atoms with van der Waals surface area (Å²) in [6, 6.07) is 29.7. The third-order valence-corrected chi connectivity index (χ3v) is 9.28. The highest BCUT2D eigenvalue weighted by molar-refractivity contribution is 7.92. The molecule has 0 N–H and O–H groups in total. The van der Waals surface area contributed by atoms with Crippen molar-refractivity contribution in [2.45, 2.75) is 64.0 Å². The van der Waals surface area contributed by atoms with Gasteiger partial charge in [-0.3, -0.25) is 4.31 Å². The Kier molecular flexibility index (Phi) is 8.92. The molecule has 0 fully saturated rings. The van der Waals surface area contributed by atoms with Crippen LogP contribution < -0.4 is 4.31 Å². The smallest absolute Gasteiger partial charge is 0.339 e. The molecule has 0 amide bonds. The van der Waals surface area contributed by atoms with Gasteiger partial charge in [-0.2, -0.15) is 0 Å². The maximum Gasteiger partial charge on any atom is 0.339 e. The Labute approximate surface area is 260 Å². The Balaban J connectivity index is 1.48. The highest BCUT2D eigenvalue weighted by Gasteiger charge is 2.23. The second kappa shape index (κ2) is 12.7. The number of hydrogen-bond acceptors (Lipinski definition) is 5. The van der Waals surface area contributed by atoms with Gasteiger partial charge in [0.1, 0.15) is 11.4 Å². The van der Waals surface area contributed by atoms with Gasteiger partial charge in [0.2, 0.25) is 0 Å². The molecule has 4 aromatic carbocycles. The van der Waals surface area contributed by atoms with Crippen LogP contribution >= 0.6 is 0 Å². The van der Waals surface area contributed by atoms with Crippen molar-refractivity contribution in [2.24, 2.45) is 0 Å². The van der Waals surface area contributed by atoms with E-state index in [1.54, 1.807) is 49.5 Å². The zero-order valence-electron chi connectivity index (χ0n) is 25.9. The lowest BCUT2D eigenvalue weighted by Crippen LogP contribution is -2.26. The number of aromatic nitrogens is 2. The van der Waals surface area contributed by atoms with Crippen LogP contribution in [-0.4, -0.2) is 36.6 Å². The molecular formula is C36H39N3O4S. The van der Waals surface area contributed by atoms with Crippen molar-refractivity contribution in [2.75, 3.05) is 11.4 Å². The fourth-order valence-corrected chi connectivity index (χ4v) is 6.38. The quantitative estimate of drug-likeness (QED) is 0.151. The Hall–Kier alpha value is -4.43. The van der Waals surface area contributed by atoms with Crippen molar-refractivity contribution < 1.29 is 17.9 Å². The Bertz CT molecular complexity index is 1870. The summed E-state index contributed by atoms with van der Waals surface area (Å²) in [5.41, 5.74) is 5.02. The largest absolute Gasteiger partial charge is 0.456 e. The van der Waals surface area contributed by atoms with E-state index in [1.165, 1.54) is 4.31 Å². The van der Waals surface area contributed by atoms with Gasteiger partial charge in [0.15, 0.2) is 0 Å². The predicted octanol–water partition coefficient (Wildman–Crippen LogP) is 7.87. The van der Waals surface area contributed by atoms with Crippen LogP contribution in [0.5, 0.6) is 0 Å². The van der Waals surface area contributed by atoms with Gasteiger partial charge in [0.25, 0.3) is 10.0 Å². The molecule has 0 aliphatic heterocycles. The molecule has 0 bridgehead atoms. The van der Waals surface area contributed by atoms with Crippen LogP contribution in [0.3, 0.4) is 0 Å². The zero-order valence-corrected chi connectivity index (χ0v) is 26.8. The van der Waals surface area contributed by atoms with E-state index in [-0.39, 0.29) is 10.9 Å². The minimum Gasteiger partial charge on any atom is -0.456 e. The van der Waals surface area contributed by atoms with Gasteiger partial charge in [-0.05, 0) is 80.3 Å². The van der Waals surface area contributed by atoms with E-state index in [9.17, 15) is 13.2 Å². The van der Waals surface area contributed by atoms with Crippen LogP contribution in [0.4, 0.5) is 5.69 Å². The maximum absolute atomic E-state index is 13.3. The molecule has 0 spiro atoms. The predicted molar refractivity (Wildman–Crippen MR) is 177 cm³/mol. The maximum atomic E-state index is 13.3. The van der Waals surface area contributed by atoms with Crippen LogP contribution in [0.15, 0.2) is 102 Å². The summed E-state index contributed by atoms with van der Waals surface area (Å²) in [7, 11) is -2.14. The summed E-state index contributed by atoms with van der Waals surface area (Å²) in [6.07, 6.45) is 2.86. The average molecular weight is 610 g/mol. The van der Waals surface area contributed by atoms with Crippen molar-refractivity contribution in [1.82, 2.24) is 9.55 Å². The summed E-state index contributed by atoms with van der Waals surface area (Å²) in [5, 5.41) is 0. The first kappa shape index (κ1) is 31.0. The Morgan fingerprint density at radius 3 is 2.27 bits per heavy atom. The van der Waals surface area contributed by atoms with Gasteiger partial charge >= 0.3 is 5.97 Å². The topological polar surface area (TPSA) is 81.5 Å². The molecule has 1 aromatic heterocycles. The lowest BCUT2D eigenvalue weighted by molar-refractivity contribution is 0.00704. The molecule has 5 aromatic rings. The molecule has 1 heterocycles. The number of ether oxygens (including phenoxy) is 1. The Morgan fingerprint density at radius 1 is 0.909 bits per heavy atom. The number of rotatable bonds is 10.